The first kappa shape index (κ1) is 14.6. The van der Waals surface area contributed by atoms with Gasteiger partial charge in [0, 0.05) is 22.9 Å². The van der Waals surface area contributed by atoms with E-state index in [0.717, 1.165) is 22.7 Å². The van der Waals surface area contributed by atoms with Crippen molar-refractivity contribution in [1.82, 2.24) is 4.57 Å². The highest BCUT2D eigenvalue weighted by molar-refractivity contribution is 6.13. The number of carbonyl (C=O) groups excluding carboxylic acids is 1. The molecule has 24 heavy (non-hydrogen) atoms. The van der Waals surface area contributed by atoms with Crippen LogP contribution in [0, 0.1) is 5.82 Å². The zero-order valence-electron chi connectivity index (χ0n) is 13.2. The highest BCUT2D eigenvalue weighted by Gasteiger charge is 2.20. The van der Waals surface area contributed by atoms with Crippen molar-refractivity contribution in [3.8, 4) is 5.69 Å². The quantitative estimate of drug-likeness (QED) is 0.653. The molecule has 1 aromatic heterocycles. The lowest BCUT2D eigenvalue weighted by Crippen LogP contribution is -2.08. The lowest BCUT2D eigenvalue weighted by atomic mass is 10.0. The van der Waals surface area contributed by atoms with Crippen molar-refractivity contribution < 1.29 is 9.18 Å². The molecule has 3 nitrogen and oxygen atoms in total. The van der Waals surface area contributed by atoms with Crippen LogP contribution in [0.2, 0.25) is 0 Å². The largest absolute Gasteiger partial charge is 0.315 e. The number of rotatable bonds is 2. The lowest BCUT2D eigenvalue weighted by molar-refractivity contribution is 0.101. The van der Waals surface area contributed by atoms with Gasteiger partial charge in [-0.15, -0.1) is 0 Å². The van der Waals surface area contributed by atoms with E-state index in [-0.39, 0.29) is 18.1 Å². The lowest BCUT2D eigenvalue weighted by Gasteiger charge is -2.11. The predicted molar refractivity (Wildman–Crippen MR) is 91.5 cm³/mol. The topological polar surface area (TPSA) is 34.4 Å². The second-order valence-corrected chi connectivity index (χ2v) is 5.80. The number of ketones is 1. The van der Waals surface area contributed by atoms with Crippen LogP contribution in [0.1, 0.15) is 34.1 Å². The number of fused-ring (bicyclic) bond motifs is 3. The summed E-state index contributed by atoms with van der Waals surface area (Å²) < 4.78 is 16.2. The number of hydrogen-bond donors (Lipinski definition) is 0. The number of aromatic nitrogens is 1. The van der Waals surface area contributed by atoms with Crippen molar-refractivity contribution in [3.63, 3.8) is 0 Å². The molecule has 0 radical (unpaired) electrons. The first-order valence-electron chi connectivity index (χ1n) is 7.76. The molecule has 2 aromatic carbocycles. The zero-order chi connectivity index (χ0) is 16.7. The molecule has 1 aliphatic rings. The number of Topliss-reactive ketones (excluding diaryl/α,β-unsaturated/α-hetero) is 1. The van der Waals surface area contributed by atoms with Gasteiger partial charge >= 0.3 is 0 Å². The minimum absolute atomic E-state index is 0.0298. The Labute approximate surface area is 139 Å². The molecule has 118 valence electrons. The Kier molecular flexibility index (Phi) is 3.38. The predicted octanol–water partition coefficient (Wildman–Crippen LogP) is 4.17. The van der Waals surface area contributed by atoms with Crippen molar-refractivity contribution in [1.29, 1.82) is 0 Å². The molecule has 0 amide bonds. The van der Waals surface area contributed by atoms with Crippen LogP contribution in [-0.4, -0.2) is 16.1 Å². The Morgan fingerprint density at radius 3 is 2.62 bits per heavy atom. The third-order valence-electron chi connectivity index (χ3n) is 4.31. The number of nitrogens with zero attached hydrogens (tertiary/aromatic N) is 2. The van der Waals surface area contributed by atoms with Crippen molar-refractivity contribution >= 4 is 11.5 Å². The van der Waals surface area contributed by atoms with Gasteiger partial charge in [0.15, 0.2) is 5.78 Å². The molecule has 1 aliphatic heterocycles. The van der Waals surface area contributed by atoms with Crippen LogP contribution in [0.15, 0.2) is 65.8 Å². The van der Waals surface area contributed by atoms with E-state index in [1.165, 1.54) is 6.07 Å². The third-order valence-corrected chi connectivity index (χ3v) is 4.31. The molecular formula is C20H15FN2O. The molecule has 2 heterocycles. The van der Waals surface area contributed by atoms with Gasteiger partial charge in [-0.25, -0.2) is 4.39 Å². The number of hydrogen-bond acceptors (Lipinski definition) is 2. The Hall–Kier alpha value is -3.01. The van der Waals surface area contributed by atoms with Crippen LogP contribution >= 0.6 is 0 Å². The molecule has 0 saturated carbocycles. The fraction of sp³-hybridized carbons (Fsp3) is 0.100. The number of aliphatic imine (C=N–C) groups is 1. The summed E-state index contributed by atoms with van der Waals surface area (Å²) in [6.45, 7) is 1.83. The molecule has 4 rings (SSSR count). The van der Waals surface area contributed by atoms with Gasteiger partial charge in [0.2, 0.25) is 0 Å². The van der Waals surface area contributed by atoms with Crippen molar-refractivity contribution in [2.45, 2.75) is 13.5 Å². The van der Waals surface area contributed by atoms with Gasteiger partial charge in [0.05, 0.1) is 23.6 Å². The van der Waals surface area contributed by atoms with E-state index in [0.29, 0.717) is 11.1 Å². The smallest absolute Gasteiger partial charge is 0.159 e. The van der Waals surface area contributed by atoms with Crippen LogP contribution < -0.4 is 0 Å². The summed E-state index contributed by atoms with van der Waals surface area (Å²) in [5.41, 5.74) is 4.69. The van der Waals surface area contributed by atoms with E-state index < -0.39 is 0 Å². The number of carbonyl (C=O) groups is 1. The summed E-state index contributed by atoms with van der Waals surface area (Å²) in [4.78, 5) is 16.1. The standard InChI is InChI=1S/C20H15FN2O/c1-13(24)14-7-9-15(10-8-14)20-19-6-3-11-23(19)18-5-2-4-17(21)16(18)12-22-20/h2-11H,12H2,1H3. The second kappa shape index (κ2) is 5.57. The Morgan fingerprint density at radius 2 is 1.88 bits per heavy atom. The molecular weight excluding hydrogens is 303 g/mol. The molecule has 0 unspecified atom stereocenters. The monoisotopic (exact) mass is 318 g/mol. The van der Waals surface area contributed by atoms with E-state index in [1.807, 2.05) is 41.1 Å². The van der Waals surface area contributed by atoms with Gasteiger partial charge in [-0.3, -0.25) is 9.79 Å². The Morgan fingerprint density at radius 1 is 1.08 bits per heavy atom. The minimum atomic E-state index is -0.246. The molecule has 0 saturated heterocycles. The number of benzene rings is 2. The summed E-state index contributed by atoms with van der Waals surface area (Å²) in [6.07, 6.45) is 1.92. The van der Waals surface area contributed by atoms with Crippen molar-refractivity contribution in [3.05, 3.63) is 89.0 Å². The Balaban J connectivity index is 1.87. The summed E-state index contributed by atoms with van der Waals surface area (Å²) in [5, 5.41) is 0. The highest BCUT2D eigenvalue weighted by atomic mass is 19.1. The summed E-state index contributed by atoms with van der Waals surface area (Å²) in [7, 11) is 0. The minimum Gasteiger partial charge on any atom is -0.315 e. The molecule has 0 spiro atoms. The average Bonchev–Trinajstić information content (AvgIpc) is 3.00. The van der Waals surface area contributed by atoms with Crippen LogP contribution in [0.25, 0.3) is 5.69 Å². The van der Waals surface area contributed by atoms with Crippen LogP contribution in [0.4, 0.5) is 4.39 Å². The first-order chi connectivity index (χ1) is 11.6. The fourth-order valence-electron chi connectivity index (χ4n) is 3.05. The molecule has 0 aliphatic carbocycles. The van der Waals surface area contributed by atoms with Gasteiger partial charge in [-0.2, -0.15) is 0 Å². The zero-order valence-corrected chi connectivity index (χ0v) is 13.2. The van der Waals surface area contributed by atoms with E-state index in [1.54, 1.807) is 25.1 Å². The van der Waals surface area contributed by atoms with Gasteiger partial charge in [0.25, 0.3) is 0 Å². The highest BCUT2D eigenvalue weighted by Crippen LogP contribution is 2.26. The maximum Gasteiger partial charge on any atom is 0.159 e. The molecule has 3 aromatic rings. The van der Waals surface area contributed by atoms with Gasteiger partial charge in [0.1, 0.15) is 5.82 Å². The SMILES string of the molecule is CC(=O)c1ccc(C2=NCc3c(F)cccc3-n3cccc32)cc1. The van der Waals surface area contributed by atoms with E-state index >= 15 is 0 Å². The summed E-state index contributed by atoms with van der Waals surface area (Å²) in [5.74, 6) is -0.216. The van der Waals surface area contributed by atoms with Gasteiger partial charge in [-0.1, -0.05) is 30.3 Å². The van der Waals surface area contributed by atoms with E-state index in [4.69, 9.17) is 0 Å². The van der Waals surface area contributed by atoms with Crippen LogP contribution in [0.5, 0.6) is 0 Å². The van der Waals surface area contributed by atoms with E-state index in [2.05, 4.69) is 4.99 Å². The maximum atomic E-state index is 14.2. The van der Waals surface area contributed by atoms with Gasteiger partial charge in [-0.05, 0) is 31.2 Å². The normalized spacial score (nSPS) is 12.8. The molecule has 0 bridgehead atoms. The molecule has 0 N–H and O–H groups in total. The third kappa shape index (κ3) is 2.27. The fourth-order valence-corrected chi connectivity index (χ4v) is 3.05. The van der Waals surface area contributed by atoms with E-state index in [9.17, 15) is 9.18 Å². The molecule has 0 atom stereocenters. The molecule has 0 fully saturated rings. The van der Waals surface area contributed by atoms with Gasteiger partial charge < -0.3 is 4.57 Å². The first-order valence-corrected chi connectivity index (χ1v) is 7.76. The molecule has 4 heteroatoms. The maximum absolute atomic E-state index is 14.2. The van der Waals surface area contributed by atoms with Crippen LogP contribution in [-0.2, 0) is 6.54 Å². The van der Waals surface area contributed by atoms with Crippen molar-refractivity contribution in [2.24, 2.45) is 4.99 Å². The number of halogens is 1. The summed E-state index contributed by atoms with van der Waals surface area (Å²) >= 11 is 0. The van der Waals surface area contributed by atoms with Crippen molar-refractivity contribution in [2.75, 3.05) is 0 Å². The average molecular weight is 318 g/mol. The second-order valence-electron chi connectivity index (χ2n) is 5.80. The van der Waals surface area contributed by atoms with Crippen LogP contribution in [0.3, 0.4) is 0 Å². The Bertz CT molecular complexity index is 968. The summed E-state index contributed by atoms with van der Waals surface area (Å²) in [6, 6.07) is 16.3.